The molecule has 0 heterocycles. The van der Waals surface area contributed by atoms with E-state index < -0.39 is 6.10 Å². The fraction of sp³-hybridized carbons (Fsp3) is 0.217. The molecule has 0 aliphatic heterocycles. The highest BCUT2D eigenvalue weighted by molar-refractivity contribution is 5.33. The molecular weight excluding hydrogens is 336 g/mol. The Morgan fingerprint density at radius 1 is 0.815 bits per heavy atom. The first kappa shape index (κ1) is 19.1. The summed E-state index contributed by atoms with van der Waals surface area (Å²) in [6, 6.07) is 27.3. The number of hydrogen-bond donors (Lipinski definition) is 3. The van der Waals surface area contributed by atoms with Gasteiger partial charge in [0.2, 0.25) is 0 Å². The molecule has 0 saturated heterocycles. The summed E-state index contributed by atoms with van der Waals surface area (Å²) in [6.45, 7) is 1.08. The van der Waals surface area contributed by atoms with E-state index in [0.29, 0.717) is 19.5 Å². The maximum Gasteiger partial charge on any atom is 0.127 e. The number of hydrogen-bond acceptors (Lipinski definition) is 4. The summed E-state index contributed by atoms with van der Waals surface area (Å²) >= 11 is 0. The zero-order chi connectivity index (χ0) is 18.9. The molecule has 4 N–H and O–H groups in total. The summed E-state index contributed by atoms with van der Waals surface area (Å²) in [6.07, 6.45) is 0.0540. The Balaban J connectivity index is 1.46. The first-order chi connectivity index (χ1) is 13.2. The van der Waals surface area contributed by atoms with E-state index in [1.165, 1.54) is 0 Å². The molecule has 140 valence electrons. The van der Waals surface area contributed by atoms with Crippen LogP contribution in [-0.2, 0) is 13.0 Å². The lowest BCUT2D eigenvalue weighted by Crippen LogP contribution is -2.42. The quantitative estimate of drug-likeness (QED) is 0.545. The molecule has 0 aliphatic carbocycles. The normalized spacial score (nSPS) is 13.1. The monoisotopic (exact) mass is 362 g/mol. The molecule has 4 nitrogen and oxygen atoms in total. The molecule has 0 bridgehead atoms. The first-order valence-corrected chi connectivity index (χ1v) is 9.21. The third-order valence-corrected chi connectivity index (χ3v) is 4.37. The molecule has 2 atom stereocenters. The third kappa shape index (κ3) is 6.22. The molecule has 0 unspecified atom stereocenters. The first-order valence-electron chi connectivity index (χ1n) is 9.21. The van der Waals surface area contributed by atoms with Gasteiger partial charge in [0.05, 0.1) is 6.10 Å². The van der Waals surface area contributed by atoms with Crippen molar-refractivity contribution in [3.05, 3.63) is 96.1 Å². The largest absolute Gasteiger partial charge is 0.457 e. The molecule has 3 aromatic rings. The van der Waals surface area contributed by atoms with Crippen LogP contribution >= 0.6 is 0 Å². The van der Waals surface area contributed by atoms with E-state index in [1.54, 1.807) is 0 Å². The van der Waals surface area contributed by atoms with Crippen molar-refractivity contribution in [3.63, 3.8) is 0 Å². The van der Waals surface area contributed by atoms with Crippen molar-refractivity contribution < 1.29 is 9.84 Å². The number of para-hydroxylation sites is 1. The van der Waals surface area contributed by atoms with Crippen molar-refractivity contribution in [3.8, 4) is 11.5 Å². The minimum atomic E-state index is -0.603. The van der Waals surface area contributed by atoms with Crippen LogP contribution in [0.5, 0.6) is 11.5 Å². The number of aliphatic hydroxyl groups is 1. The second-order valence-corrected chi connectivity index (χ2v) is 6.61. The van der Waals surface area contributed by atoms with Gasteiger partial charge >= 0.3 is 0 Å². The van der Waals surface area contributed by atoms with Crippen molar-refractivity contribution in [2.45, 2.75) is 25.1 Å². The molecule has 0 saturated carbocycles. The minimum Gasteiger partial charge on any atom is -0.457 e. The van der Waals surface area contributed by atoms with Gasteiger partial charge in [0.1, 0.15) is 11.5 Å². The Hall–Kier alpha value is -2.66. The van der Waals surface area contributed by atoms with E-state index in [1.807, 2.05) is 84.9 Å². The van der Waals surface area contributed by atoms with Crippen molar-refractivity contribution in [2.24, 2.45) is 5.73 Å². The molecule has 4 heteroatoms. The van der Waals surface area contributed by atoms with Crippen molar-refractivity contribution >= 4 is 0 Å². The van der Waals surface area contributed by atoms with Gasteiger partial charge in [-0.1, -0.05) is 60.7 Å². The zero-order valence-electron chi connectivity index (χ0n) is 15.3. The number of aliphatic hydroxyl groups excluding tert-OH is 1. The Kier molecular flexibility index (Phi) is 6.99. The molecule has 0 aromatic heterocycles. The van der Waals surface area contributed by atoms with Gasteiger partial charge in [-0.3, -0.25) is 0 Å². The Labute approximate surface area is 160 Å². The van der Waals surface area contributed by atoms with Crippen LogP contribution in [0, 0.1) is 0 Å². The van der Waals surface area contributed by atoms with E-state index >= 15 is 0 Å². The van der Waals surface area contributed by atoms with Gasteiger partial charge in [-0.05, 0) is 41.8 Å². The topological polar surface area (TPSA) is 67.5 Å². The van der Waals surface area contributed by atoms with Crippen LogP contribution in [0.1, 0.15) is 11.1 Å². The highest BCUT2D eigenvalue weighted by atomic mass is 16.5. The molecule has 0 amide bonds. The lowest BCUT2D eigenvalue weighted by molar-refractivity contribution is 0.141. The molecular formula is C23H26N2O2. The predicted molar refractivity (Wildman–Crippen MR) is 109 cm³/mol. The number of rotatable bonds is 9. The SMILES string of the molecule is N[C@@H](Cc1ccccc1)[C@@H](O)CNCc1cccc(Oc2ccccc2)c1. The second kappa shape index (κ2) is 9.88. The lowest BCUT2D eigenvalue weighted by Gasteiger charge is -2.19. The van der Waals surface area contributed by atoms with Crippen LogP contribution in [0.3, 0.4) is 0 Å². The van der Waals surface area contributed by atoms with Gasteiger partial charge in [0.25, 0.3) is 0 Å². The minimum absolute atomic E-state index is 0.298. The molecule has 0 spiro atoms. The number of nitrogens with one attached hydrogen (secondary N) is 1. The number of ether oxygens (including phenoxy) is 1. The lowest BCUT2D eigenvalue weighted by atomic mass is 10.0. The van der Waals surface area contributed by atoms with Gasteiger partial charge in [-0.15, -0.1) is 0 Å². The molecule has 3 rings (SSSR count). The summed E-state index contributed by atoms with van der Waals surface area (Å²) in [5.74, 6) is 1.60. The Bertz CT molecular complexity index is 809. The van der Waals surface area contributed by atoms with Gasteiger partial charge in [0, 0.05) is 19.1 Å². The Morgan fingerprint density at radius 2 is 1.44 bits per heavy atom. The fourth-order valence-electron chi connectivity index (χ4n) is 2.88. The molecule has 3 aromatic carbocycles. The van der Waals surface area contributed by atoms with E-state index in [4.69, 9.17) is 10.5 Å². The average Bonchev–Trinajstić information content (AvgIpc) is 2.70. The van der Waals surface area contributed by atoms with Crippen LogP contribution in [0.15, 0.2) is 84.9 Å². The number of benzene rings is 3. The van der Waals surface area contributed by atoms with Crippen LogP contribution in [0.4, 0.5) is 0 Å². The second-order valence-electron chi connectivity index (χ2n) is 6.61. The van der Waals surface area contributed by atoms with Gasteiger partial charge in [-0.2, -0.15) is 0 Å². The van der Waals surface area contributed by atoms with Crippen LogP contribution in [0.25, 0.3) is 0 Å². The molecule has 0 aliphatic rings. The standard InChI is InChI=1S/C23H26N2O2/c24-22(15-18-8-3-1-4-9-18)23(26)17-25-16-19-10-7-13-21(14-19)27-20-11-5-2-6-12-20/h1-14,22-23,25-26H,15-17,24H2/t22-,23-/m0/s1. The van der Waals surface area contributed by atoms with E-state index in [0.717, 1.165) is 22.6 Å². The van der Waals surface area contributed by atoms with Gasteiger partial charge in [-0.25, -0.2) is 0 Å². The smallest absolute Gasteiger partial charge is 0.127 e. The van der Waals surface area contributed by atoms with Crippen molar-refractivity contribution in [1.82, 2.24) is 5.32 Å². The summed E-state index contributed by atoms with van der Waals surface area (Å²) in [5.41, 5.74) is 8.35. The molecule has 0 radical (unpaired) electrons. The molecule has 0 fully saturated rings. The van der Waals surface area contributed by atoms with E-state index in [-0.39, 0.29) is 6.04 Å². The molecule has 27 heavy (non-hydrogen) atoms. The van der Waals surface area contributed by atoms with E-state index in [9.17, 15) is 5.11 Å². The highest BCUT2D eigenvalue weighted by Gasteiger charge is 2.14. The summed E-state index contributed by atoms with van der Waals surface area (Å²) in [5, 5.41) is 13.6. The fourth-order valence-corrected chi connectivity index (χ4v) is 2.88. The van der Waals surface area contributed by atoms with Crippen LogP contribution in [-0.4, -0.2) is 23.8 Å². The van der Waals surface area contributed by atoms with Crippen LogP contribution < -0.4 is 15.8 Å². The summed E-state index contributed by atoms with van der Waals surface area (Å²) in [4.78, 5) is 0. The Morgan fingerprint density at radius 3 is 2.19 bits per heavy atom. The van der Waals surface area contributed by atoms with Crippen molar-refractivity contribution in [1.29, 1.82) is 0 Å². The summed E-state index contributed by atoms with van der Waals surface area (Å²) in [7, 11) is 0. The van der Waals surface area contributed by atoms with Gasteiger partial charge in [0.15, 0.2) is 0 Å². The maximum atomic E-state index is 10.3. The number of nitrogens with two attached hydrogens (primary N) is 1. The zero-order valence-corrected chi connectivity index (χ0v) is 15.3. The van der Waals surface area contributed by atoms with Crippen molar-refractivity contribution in [2.75, 3.05) is 6.54 Å². The third-order valence-electron chi connectivity index (χ3n) is 4.37. The van der Waals surface area contributed by atoms with Crippen LogP contribution in [0.2, 0.25) is 0 Å². The highest BCUT2D eigenvalue weighted by Crippen LogP contribution is 2.21. The van der Waals surface area contributed by atoms with Gasteiger partial charge < -0.3 is 20.9 Å². The summed E-state index contributed by atoms with van der Waals surface area (Å²) < 4.78 is 5.85. The average molecular weight is 362 g/mol. The van der Waals surface area contributed by atoms with E-state index in [2.05, 4.69) is 5.32 Å². The maximum absolute atomic E-state index is 10.3. The predicted octanol–water partition coefficient (Wildman–Crippen LogP) is 3.50.